The lowest BCUT2D eigenvalue weighted by atomic mass is 10.1. The van der Waals surface area contributed by atoms with Gasteiger partial charge in [0, 0.05) is 23.4 Å². The summed E-state index contributed by atoms with van der Waals surface area (Å²) in [5.41, 5.74) is 6.94. The van der Waals surface area contributed by atoms with Crippen LogP contribution in [0.15, 0.2) is 18.2 Å². The van der Waals surface area contributed by atoms with Crippen LogP contribution in [0, 0.1) is 10.1 Å². The topological polar surface area (TPSA) is 78.4 Å². The lowest BCUT2D eigenvalue weighted by molar-refractivity contribution is -0.384. The monoisotopic (exact) mass is 224 g/mol. The fraction of sp³-hybridized carbons (Fsp3) is 0.455. The molecule has 0 heterocycles. The number of hydrogen-bond acceptors (Lipinski definition) is 4. The highest BCUT2D eigenvalue weighted by Crippen LogP contribution is 2.20. The van der Waals surface area contributed by atoms with Crippen LogP contribution in [0.3, 0.4) is 0 Å². The van der Waals surface area contributed by atoms with E-state index in [1.807, 2.05) is 13.8 Å². The SMILES string of the molecule is CCC(C)OCc1cc([N+](=O)[O-])ccc1N. The number of nitro benzene ring substituents is 1. The third-order valence-electron chi connectivity index (χ3n) is 2.44. The van der Waals surface area contributed by atoms with E-state index in [4.69, 9.17) is 10.5 Å². The third-order valence-corrected chi connectivity index (χ3v) is 2.44. The van der Waals surface area contributed by atoms with Gasteiger partial charge in [-0.15, -0.1) is 0 Å². The Morgan fingerprint density at radius 1 is 1.56 bits per heavy atom. The van der Waals surface area contributed by atoms with Gasteiger partial charge < -0.3 is 10.5 Å². The van der Waals surface area contributed by atoms with E-state index in [2.05, 4.69) is 0 Å². The second-order valence-electron chi connectivity index (χ2n) is 3.67. The van der Waals surface area contributed by atoms with E-state index in [0.29, 0.717) is 17.9 Å². The standard InChI is InChI=1S/C11H16N2O3/c1-3-8(2)16-7-9-6-10(13(14)15)4-5-11(9)12/h4-6,8H,3,7,12H2,1-2H3. The highest BCUT2D eigenvalue weighted by atomic mass is 16.6. The van der Waals surface area contributed by atoms with Gasteiger partial charge in [0.25, 0.3) is 5.69 Å². The average Bonchev–Trinajstić information content (AvgIpc) is 2.27. The maximum Gasteiger partial charge on any atom is 0.269 e. The van der Waals surface area contributed by atoms with Gasteiger partial charge in [-0.1, -0.05) is 6.92 Å². The van der Waals surface area contributed by atoms with Gasteiger partial charge in [0.1, 0.15) is 0 Å². The predicted molar refractivity (Wildman–Crippen MR) is 62.1 cm³/mol. The van der Waals surface area contributed by atoms with Crippen molar-refractivity contribution in [2.24, 2.45) is 0 Å². The zero-order valence-electron chi connectivity index (χ0n) is 9.47. The Morgan fingerprint density at radius 2 is 2.25 bits per heavy atom. The van der Waals surface area contributed by atoms with Crippen LogP contribution in [-0.2, 0) is 11.3 Å². The number of ether oxygens (including phenoxy) is 1. The van der Waals surface area contributed by atoms with Gasteiger partial charge in [-0.3, -0.25) is 10.1 Å². The number of anilines is 1. The number of nitrogen functional groups attached to an aromatic ring is 1. The Hall–Kier alpha value is -1.62. The van der Waals surface area contributed by atoms with Crippen LogP contribution in [0.5, 0.6) is 0 Å². The maximum atomic E-state index is 10.6. The quantitative estimate of drug-likeness (QED) is 0.473. The summed E-state index contributed by atoms with van der Waals surface area (Å²) in [6.07, 6.45) is 1.02. The Kier molecular flexibility index (Phi) is 4.25. The summed E-state index contributed by atoms with van der Waals surface area (Å²) in [6.45, 7) is 4.28. The molecule has 1 aromatic carbocycles. The summed E-state index contributed by atoms with van der Waals surface area (Å²) in [6, 6.07) is 4.38. The zero-order chi connectivity index (χ0) is 12.1. The predicted octanol–water partition coefficient (Wildman–Crippen LogP) is 2.49. The normalized spacial score (nSPS) is 12.4. The minimum absolute atomic E-state index is 0.0388. The molecule has 1 unspecified atom stereocenters. The molecule has 0 amide bonds. The Morgan fingerprint density at radius 3 is 2.81 bits per heavy atom. The van der Waals surface area contributed by atoms with Crippen molar-refractivity contribution >= 4 is 11.4 Å². The molecule has 5 nitrogen and oxygen atoms in total. The van der Waals surface area contributed by atoms with Gasteiger partial charge in [0.15, 0.2) is 0 Å². The van der Waals surface area contributed by atoms with Crippen LogP contribution in [0.2, 0.25) is 0 Å². The smallest absolute Gasteiger partial charge is 0.269 e. The van der Waals surface area contributed by atoms with Crippen LogP contribution in [0.1, 0.15) is 25.8 Å². The summed E-state index contributed by atoms with van der Waals surface area (Å²) >= 11 is 0. The first-order chi connectivity index (χ1) is 7.54. The van der Waals surface area contributed by atoms with Crippen molar-refractivity contribution in [3.8, 4) is 0 Å². The fourth-order valence-corrected chi connectivity index (χ4v) is 1.18. The molecule has 0 aliphatic rings. The van der Waals surface area contributed by atoms with Crippen molar-refractivity contribution in [3.63, 3.8) is 0 Å². The van der Waals surface area contributed by atoms with Gasteiger partial charge in [0.2, 0.25) is 0 Å². The van der Waals surface area contributed by atoms with E-state index in [-0.39, 0.29) is 11.8 Å². The number of rotatable bonds is 5. The zero-order valence-corrected chi connectivity index (χ0v) is 9.47. The number of nitrogens with zero attached hydrogens (tertiary/aromatic N) is 1. The van der Waals surface area contributed by atoms with E-state index >= 15 is 0 Å². The highest BCUT2D eigenvalue weighted by molar-refractivity contribution is 5.52. The minimum atomic E-state index is -0.438. The summed E-state index contributed by atoms with van der Waals surface area (Å²) < 4.78 is 5.49. The molecule has 5 heteroatoms. The number of benzene rings is 1. The molecule has 0 fully saturated rings. The second-order valence-corrected chi connectivity index (χ2v) is 3.67. The van der Waals surface area contributed by atoms with Crippen molar-refractivity contribution in [2.75, 3.05) is 5.73 Å². The van der Waals surface area contributed by atoms with E-state index in [1.54, 1.807) is 0 Å². The molecule has 0 saturated carbocycles. The molecule has 0 bridgehead atoms. The first-order valence-electron chi connectivity index (χ1n) is 5.19. The van der Waals surface area contributed by atoms with Crippen LogP contribution < -0.4 is 5.73 Å². The molecule has 0 radical (unpaired) electrons. The van der Waals surface area contributed by atoms with E-state index in [0.717, 1.165) is 6.42 Å². The summed E-state index contributed by atoms with van der Waals surface area (Å²) in [7, 11) is 0. The van der Waals surface area contributed by atoms with Gasteiger partial charge in [-0.25, -0.2) is 0 Å². The van der Waals surface area contributed by atoms with Crippen molar-refractivity contribution < 1.29 is 9.66 Å². The van der Waals surface area contributed by atoms with Gasteiger partial charge in [-0.2, -0.15) is 0 Å². The molecule has 0 aliphatic carbocycles. The van der Waals surface area contributed by atoms with Crippen molar-refractivity contribution in [1.82, 2.24) is 0 Å². The Labute approximate surface area is 94.4 Å². The molecule has 1 rings (SSSR count). The first kappa shape index (κ1) is 12.4. The van der Waals surface area contributed by atoms with Crippen LogP contribution in [-0.4, -0.2) is 11.0 Å². The molecule has 1 atom stereocenters. The molecule has 88 valence electrons. The van der Waals surface area contributed by atoms with Crippen LogP contribution >= 0.6 is 0 Å². The number of nitro groups is 1. The molecular weight excluding hydrogens is 208 g/mol. The van der Waals surface area contributed by atoms with Crippen molar-refractivity contribution in [3.05, 3.63) is 33.9 Å². The molecule has 1 aromatic rings. The lowest BCUT2D eigenvalue weighted by Gasteiger charge is -2.11. The largest absolute Gasteiger partial charge is 0.398 e. The van der Waals surface area contributed by atoms with E-state index in [9.17, 15) is 10.1 Å². The molecule has 0 aromatic heterocycles. The summed E-state index contributed by atoms with van der Waals surface area (Å²) in [4.78, 5) is 10.1. The average molecular weight is 224 g/mol. The number of hydrogen-bond donors (Lipinski definition) is 1. The van der Waals surface area contributed by atoms with Crippen molar-refractivity contribution in [1.29, 1.82) is 0 Å². The van der Waals surface area contributed by atoms with Gasteiger partial charge >= 0.3 is 0 Å². The van der Waals surface area contributed by atoms with E-state index in [1.165, 1.54) is 18.2 Å². The Bertz CT molecular complexity index is 379. The fourth-order valence-electron chi connectivity index (χ4n) is 1.18. The molecule has 0 spiro atoms. The van der Waals surface area contributed by atoms with Crippen LogP contribution in [0.25, 0.3) is 0 Å². The molecular formula is C11H16N2O3. The minimum Gasteiger partial charge on any atom is -0.398 e. The molecule has 0 saturated heterocycles. The second kappa shape index (κ2) is 5.46. The molecule has 0 aliphatic heterocycles. The van der Waals surface area contributed by atoms with Gasteiger partial charge in [-0.05, 0) is 19.4 Å². The molecule has 16 heavy (non-hydrogen) atoms. The van der Waals surface area contributed by atoms with Crippen LogP contribution in [0.4, 0.5) is 11.4 Å². The Balaban J connectivity index is 2.78. The first-order valence-corrected chi connectivity index (χ1v) is 5.19. The maximum absolute atomic E-state index is 10.6. The molecule has 2 N–H and O–H groups in total. The third kappa shape index (κ3) is 3.20. The number of non-ortho nitro benzene ring substituents is 1. The summed E-state index contributed by atoms with van der Waals surface area (Å²) in [5, 5.41) is 10.6. The van der Waals surface area contributed by atoms with Gasteiger partial charge in [0.05, 0.1) is 17.6 Å². The lowest BCUT2D eigenvalue weighted by Crippen LogP contribution is -2.07. The highest BCUT2D eigenvalue weighted by Gasteiger charge is 2.10. The van der Waals surface area contributed by atoms with Crippen molar-refractivity contribution in [2.45, 2.75) is 33.0 Å². The number of nitrogens with two attached hydrogens (primary N) is 1. The summed E-state index contributed by atoms with van der Waals surface area (Å²) in [5.74, 6) is 0. The van der Waals surface area contributed by atoms with E-state index < -0.39 is 4.92 Å².